The predicted molar refractivity (Wildman–Crippen MR) is 102 cm³/mol. The minimum absolute atomic E-state index is 0.0794. The summed E-state index contributed by atoms with van der Waals surface area (Å²) in [6, 6.07) is 17.5. The van der Waals surface area contributed by atoms with Crippen LogP contribution in [-0.2, 0) is 4.79 Å². The second-order valence-electron chi connectivity index (χ2n) is 4.73. The smallest absolute Gasteiger partial charge is 0.234 e. The van der Waals surface area contributed by atoms with Gasteiger partial charge in [0.1, 0.15) is 0 Å². The first-order valence-corrected chi connectivity index (χ1v) is 9.92. The van der Waals surface area contributed by atoms with Gasteiger partial charge in [0.05, 0.1) is 33.5 Å². The van der Waals surface area contributed by atoms with Crippen molar-refractivity contribution in [1.29, 1.82) is 5.26 Å². The Kier molecular flexibility index (Phi) is 5.75. The lowest BCUT2D eigenvalue weighted by Gasteiger charge is -2.08. The summed E-state index contributed by atoms with van der Waals surface area (Å²) >= 11 is 4.44. The van der Waals surface area contributed by atoms with E-state index in [0.29, 0.717) is 11.5 Å². The van der Waals surface area contributed by atoms with Gasteiger partial charge < -0.3 is 5.32 Å². The highest BCUT2D eigenvalue weighted by Gasteiger charge is 2.10. The topological polar surface area (TPSA) is 65.8 Å². The van der Waals surface area contributed by atoms with Crippen molar-refractivity contribution >= 4 is 56.7 Å². The van der Waals surface area contributed by atoms with Crippen LogP contribution in [0.4, 0.5) is 5.69 Å². The van der Waals surface area contributed by atoms with E-state index in [0.717, 1.165) is 25.1 Å². The van der Waals surface area contributed by atoms with E-state index in [1.807, 2.05) is 48.5 Å². The molecule has 0 atom stereocenters. The molecule has 0 saturated carbocycles. The van der Waals surface area contributed by atoms with Crippen LogP contribution < -0.4 is 5.32 Å². The Balaban J connectivity index is 1.61. The molecule has 2 aromatic carbocycles. The van der Waals surface area contributed by atoms with E-state index in [-0.39, 0.29) is 5.91 Å². The van der Waals surface area contributed by atoms with Gasteiger partial charge in [0.25, 0.3) is 0 Å². The number of para-hydroxylation sites is 2. The minimum Gasteiger partial charge on any atom is -0.324 e. The number of thioether (sulfide) groups is 2. The molecule has 0 aliphatic heterocycles. The molecule has 120 valence electrons. The van der Waals surface area contributed by atoms with E-state index in [2.05, 4.69) is 16.4 Å². The van der Waals surface area contributed by atoms with E-state index in [1.54, 1.807) is 11.3 Å². The average molecular weight is 372 g/mol. The number of benzene rings is 2. The fourth-order valence-electron chi connectivity index (χ4n) is 2.03. The number of carbonyl (C=O) groups excluding carboxylic acids is 1. The van der Waals surface area contributed by atoms with Gasteiger partial charge in [-0.25, -0.2) is 4.98 Å². The molecule has 0 saturated heterocycles. The van der Waals surface area contributed by atoms with Crippen molar-refractivity contribution < 1.29 is 4.79 Å². The number of nitriles is 1. The van der Waals surface area contributed by atoms with E-state index < -0.39 is 0 Å². The number of rotatable bonds is 6. The number of nitrogens with one attached hydrogen (secondary N) is 1. The number of thiazole rings is 1. The molecule has 1 amide bonds. The number of hydrogen-bond acceptors (Lipinski definition) is 6. The Morgan fingerprint density at radius 3 is 2.79 bits per heavy atom. The fraction of sp³-hybridized carbons (Fsp3) is 0.118. The van der Waals surface area contributed by atoms with Gasteiger partial charge in [0.15, 0.2) is 4.34 Å². The normalized spacial score (nSPS) is 10.5. The van der Waals surface area contributed by atoms with Crippen molar-refractivity contribution in [2.45, 2.75) is 9.24 Å². The SMILES string of the molecule is N#CCSc1ccccc1NC(=O)CSc1nc2ccccc2s1. The standard InChI is InChI=1S/C17H13N3OS3/c18-9-10-22-14-7-3-1-5-12(14)19-16(21)11-23-17-20-13-6-2-4-8-15(13)24-17/h1-8H,10-11H2,(H,19,21). The summed E-state index contributed by atoms with van der Waals surface area (Å²) < 4.78 is 2.01. The summed E-state index contributed by atoms with van der Waals surface area (Å²) in [7, 11) is 0. The molecule has 0 aliphatic rings. The summed E-state index contributed by atoms with van der Waals surface area (Å²) in [4.78, 5) is 17.6. The second-order valence-corrected chi connectivity index (χ2v) is 8.00. The number of amides is 1. The van der Waals surface area contributed by atoms with Crippen LogP contribution in [0, 0.1) is 11.3 Å². The van der Waals surface area contributed by atoms with Gasteiger partial charge in [0.2, 0.25) is 5.91 Å². The molecule has 24 heavy (non-hydrogen) atoms. The monoisotopic (exact) mass is 371 g/mol. The first kappa shape index (κ1) is 16.8. The average Bonchev–Trinajstić information content (AvgIpc) is 3.02. The van der Waals surface area contributed by atoms with Crippen LogP contribution in [0.2, 0.25) is 0 Å². The maximum atomic E-state index is 12.2. The van der Waals surface area contributed by atoms with Crippen molar-refractivity contribution in [3.63, 3.8) is 0 Å². The summed E-state index contributed by atoms with van der Waals surface area (Å²) in [5.41, 5.74) is 1.70. The Morgan fingerprint density at radius 2 is 1.96 bits per heavy atom. The quantitative estimate of drug-likeness (QED) is 0.639. The van der Waals surface area contributed by atoms with Gasteiger partial charge in [-0.1, -0.05) is 36.0 Å². The molecule has 0 radical (unpaired) electrons. The van der Waals surface area contributed by atoms with Crippen LogP contribution in [0.5, 0.6) is 0 Å². The van der Waals surface area contributed by atoms with Crippen LogP contribution in [0.15, 0.2) is 57.8 Å². The zero-order valence-electron chi connectivity index (χ0n) is 12.6. The van der Waals surface area contributed by atoms with Crippen molar-refractivity contribution in [2.24, 2.45) is 0 Å². The lowest BCUT2D eigenvalue weighted by molar-refractivity contribution is -0.113. The van der Waals surface area contributed by atoms with E-state index in [4.69, 9.17) is 5.26 Å². The molecule has 7 heteroatoms. The third-order valence-electron chi connectivity index (χ3n) is 3.05. The molecule has 4 nitrogen and oxygen atoms in total. The van der Waals surface area contributed by atoms with Gasteiger partial charge in [-0.2, -0.15) is 5.26 Å². The van der Waals surface area contributed by atoms with E-state index in [1.165, 1.54) is 23.5 Å². The second kappa shape index (κ2) is 8.20. The summed E-state index contributed by atoms with van der Waals surface area (Å²) in [5.74, 6) is 0.578. The third-order valence-corrected chi connectivity index (χ3v) is 6.17. The van der Waals surface area contributed by atoms with Gasteiger partial charge in [-0.05, 0) is 24.3 Å². The van der Waals surface area contributed by atoms with E-state index in [9.17, 15) is 4.79 Å². The largest absolute Gasteiger partial charge is 0.324 e. The maximum Gasteiger partial charge on any atom is 0.234 e. The number of anilines is 1. The maximum absolute atomic E-state index is 12.2. The van der Waals surface area contributed by atoms with Crippen molar-refractivity contribution in [1.82, 2.24) is 4.98 Å². The van der Waals surface area contributed by atoms with Gasteiger partial charge >= 0.3 is 0 Å². The fourth-order valence-corrected chi connectivity index (χ4v) is 4.57. The van der Waals surface area contributed by atoms with Crippen molar-refractivity contribution in [2.75, 3.05) is 16.8 Å². The van der Waals surface area contributed by atoms with Gasteiger partial charge in [0, 0.05) is 4.90 Å². The summed E-state index contributed by atoms with van der Waals surface area (Å²) in [6.07, 6.45) is 0. The molecule has 1 heterocycles. The third kappa shape index (κ3) is 4.29. The lowest BCUT2D eigenvalue weighted by Crippen LogP contribution is -2.14. The molecular weight excluding hydrogens is 358 g/mol. The molecule has 0 aliphatic carbocycles. The Hall–Kier alpha value is -2.01. The zero-order valence-corrected chi connectivity index (χ0v) is 15.0. The molecule has 0 bridgehead atoms. The molecule has 3 aromatic rings. The van der Waals surface area contributed by atoms with E-state index >= 15 is 0 Å². The number of nitrogens with zero attached hydrogens (tertiary/aromatic N) is 2. The first-order valence-electron chi connectivity index (χ1n) is 7.13. The highest BCUT2D eigenvalue weighted by atomic mass is 32.2. The minimum atomic E-state index is -0.0794. The zero-order chi connectivity index (χ0) is 16.8. The molecule has 0 fully saturated rings. The van der Waals surface area contributed by atoms with Crippen molar-refractivity contribution in [3.05, 3.63) is 48.5 Å². The molecule has 3 rings (SSSR count). The predicted octanol–water partition coefficient (Wildman–Crippen LogP) is 4.64. The molecular formula is C17H13N3OS3. The molecule has 1 aromatic heterocycles. The van der Waals surface area contributed by atoms with Crippen LogP contribution in [0.25, 0.3) is 10.2 Å². The molecule has 0 unspecified atom stereocenters. The van der Waals surface area contributed by atoms with Crippen LogP contribution in [0.3, 0.4) is 0 Å². The number of hydrogen-bond donors (Lipinski definition) is 1. The Bertz CT molecular complexity index is 868. The van der Waals surface area contributed by atoms with Crippen LogP contribution >= 0.6 is 34.9 Å². The number of aromatic nitrogens is 1. The highest BCUT2D eigenvalue weighted by molar-refractivity contribution is 8.01. The molecule has 1 N–H and O–H groups in total. The molecule has 0 spiro atoms. The summed E-state index contributed by atoms with van der Waals surface area (Å²) in [5, 5.41) is 11.6. The lowest BCUT2D eigenvalue weighted by atomic mass is 10.3. The van der Waals surface area contributed by atoms with Gasteiger partial charge in [-0.15, -0.1) is 23.1 Å². The van der Waals surface area contributed by atoms with Crippen molar-refractivity contribution in [3.8, 4) is 6.07 Å². The first-order chi connectivity index (χ1) is 11.8. The number of carbonyl (C=O) groups is 1. The summed E-state index contributed by atoms with van der Waals surface area (Å²) in [6.45, 7) is 0. The van der Waals surface area contributed by atoms with Crippen LogP contribution in [-0.4, -0.2) is 22.4 Å². The van der Waals surface area contributed by atoms with Crippen LogP contribution in [0.1, 0.15) is 0 Å². The Morgan fingerprint density at radius 1 is 1.17 bits per heavy atom. The highest BCUT2D eigenvalue weighted by Crippen LogP contribution is 2.30. The number of fused-ring (bicyclic) bond motifs is 1. The Labute approximate surface area is 152 Å². The van der Waals surface area contributed by atoms with Gasteiger partial charge in [-0.3, -0.25) is 4.79 Å².